The summed E-state index contributed by atoms with van der Waals surface area (Å²) in [6.07, 6.45) is 0. The highest BCUT2D eigenvalue weighted by Crippen LogP contribution is 2.20. The van der Waals surface area contributed by atoms with Gasteiger partial charge in [-0.25, -0.2) is 4.68 Å². The van der Waals surface area contributed by atoms with Crippen LogP contribution >= 0.6 is 11.8 Å². The van der Waals surface area contributed by atoms with Gasteiger partial charge < -0.3 is 15.2 Å². The molecule has 25 heavy (non-hydrogen) atoms. The Bertz CT molecular complexity index is 842. The summed E-state index contributed by atoms with van der Waals surface area (Å²) in [5.41, 5.74) is 1.13. The molecule has 134 valence electrons. The Labute approximate surface area is 149 Å². The van der Waals surface area contributed by atoms with Gasteiger partial charge in [-0.3, -0.25) is 14.3 Å². The lowest BCUT2D eigenvalue weighted by molar-refractivity contribution is -0.304. The van der Waals surface area contributed by atoms with Crippen LogP contribution in [0.1, 0.15) is 19.5 Å². The summed E-state index contributed by atoms with van der Waals surface area (Å²) in [4.78, 5) is 35.9. The number of carbonyl (C=O) groups is 2. The number of carboxylic acids is 1. The average molecular weight is 362 g/mol. The summed E-state index contributed by atoms with van der Waals surface area (Å²) < 4.78 is 3.13. The molecule has 0 fully saturated rings. The molecule has 0 bridgehead atoms. The predicted molar refractivity (Wildman–Crippen MR) is 95.9 cm³/mol. The fourth-order valence-corrected chi connectivity index (χ4v) is 3.27. The lowest BCUT2D eigenvalue weighted by Crippen LogP contribution is -2.35. The number of amides is 1. The number of hydrogen-bond acceptors (Lipinski definition) is 5. The van der Waals surface area contributed by atoms with E-state index in [4.69, 9.17) is 0 Å². The van der Waals surface area contributed by atoms with E-state index in [9.17, 15) is 19.5 Å². The van der Waals surface area contributed by atoms with Gasteiger partial charge in [-0.2, -0.15) is 0 Å². The number of carbonyl (C=O) groups excluding carboxylic acids is 2. The van der Waals surface area contributed by atoms with Gasteiger partial charge in [-0.1, -0.05) is 18.2 Å². The molecular formula is C17H20N3O4S-. The Kier molecular flexibility index (Phi) is 5.73. The zero-order valence-electron chi connectivity index (χ0n) is 14.5. The van der Waals surface area contributed by atoms with Crippen molar-refractivity contribution in [2.45, 2.75) is 31.3 Å². The number of para-hydroxylation sites is 1. The van der Waals surface area contributed by atoms with Gasteiger partial charge in [0, 0.05) is 12.3 Å². The summed E-state index contributed by atoms with van der Waals surface area (Å²) in [7, 11) is 1.73. The molecule has 1 aromatic heterocycles. The van der Waals surface area contributed by atoms with Crippen molar-refractivity contribution in [1.82, 2.24) is 9.36 Å². The highest BCUT2D eigenvalue weighted by Gasteiger charge is 2.22. The second-order valence-electron chi connectivity index (χ2n) is 5.67. The summed E-state index contributed by atoms with van der Waals surface area (Å²) in [5, 5.41) is 12.0. The lowest BCUT2D eigenvalue weighted by atomic mass is 10.3. The quantitative estimate of drug-likeness (QED) is 0.815. The van der Waals surface area contributed by atoms with Gasteiger partial charge in [0.1, 0.15) is 5.69 Å². The smallest absolute Gasteiger partial charge is 0.295 e. The van der Waals surface area contributed by atoms with Crippen molar-refractivity contribution in [3.05, 3.63) is 46.4 Å². The first-order valence-corrected chi connectivity index (χ1v) is 8.69. The van der Waals surface area contributed by atoms with E-state index in [0.29, 0.717) is 11.4 Å². The molecular weight excluding hydrogens is 342 g/mol. The van der Waals surface area contributed by atoms with Crippen LogP contribution < -0.4 is 16.0 Å². The first-order chi connectivity index (χ1) is 11.7. The number of carboxylic acid groups (broad SMARTS) is 1. The first-order valence-electron chi connectivity index (χ1n) is 7.75. The maximum atomic E-state index is 12.7. The average Bonchev–Trinajstić information content (AvgIpc) is 2.78. The fourth-order valence-electron chi connectivity index (χ4n) is 2.36. The van der Waals surface area contributed by atoms with Crippen molar-refractivity contribution in [1.29, 1.82) is 0 Å². The molecule has 8 heteroatoms. The zero-order valence-corrected chi connectivity index (χ0v) is 15.3. The minimum Gasteiger partial charge on any atom is -0.549 e. The number of aromatic nitrogens is 2. The van der Waals surface area contributed by atoms with Gasteiger partial charge in [0.15, 0.2) is 0 Å². The summed E-state index contributed by atoms with van der Waals surface area (Å²) >= 11 is 0.964. The van der Waals surface area contributed by atoms with Gasteiger partial charge >= 0.3 is 0 Å². The van der Waals surface area contributed by atoms with Crippen LogP contribution in [-0.4, -0.2) is 31.7 Å². The van der Waals surface area contributed by atoms with Gasteiger partial charge in [0.05, 0.1) is 22.6 Å². The molecule has 1 N–H and O–H groups in total. The van der Waals surface area contributed by atoms with Crippen molar-refractivity contribution < 1.29 is 14.7 Å². The van der Waals surface area contributed by atoms with Crippen LogP contribution in [0, 0.1) is 6.92 Å². The molecule has 0 spiro atoms. The summed E-state index contributed by atoms with van der Waals surface area (Å²) in [6.45, 7) is 4.78. The highest BCUT2D eigenvalue weighted by molar-refractivity contribution is 8.01. The normalized spacial score (nSPS) is 13.3. The van der Waals surface area contributed by atoms with Crippen molar-refractivity contribution in [3.63, 3.8) is 0 Å². The summed E-state index contributed by atoms with van der Waals surface area (Å²) in [6, 6.07) is 9.09. The second kappa shape index (κ2) is 7.60. The van der Waals surface area contributed by atoms with Crippen molar-refractivity contribution in [2.75, 3.05) is 5.32 Å². The van der Waals surface area contributed by atoms with Gasteiger partial charge in [0.25, 0.3) is 5.56 Å². The number of benzene rings is 1. The molecule has 0 aliphatic carbocycles. The Morgan fingerprint density at radius 2 is 1.76 bits per heavy atom. The molecule has 2 rings (SSSR count). The summed E-state index contributed by atoms with van der Waals surface area (Å²) in [5.74, 6) is -1.66. The number of nitrogens with zero attached hydrogens (tertiary/aromatic N) is 2. The molecule has 0 aliphatic heterocycles. The van der Waals surface area contributed by atoms with Crippen LogP contribution in [0.4, 0.5) is 5.69 Å². The maximum absolute atomic E-state index is 12.7. The second-order valence-corrected chi connectivity index (χ2v) is 7.35. The van der Waals surface area contributed by atoms with E-state index in [-0.39, 0.29) is 11.2 Å². The van der Waals surface area contributed by atoms with E-state index < -0.39 is 22.4 Å². The van der Waals surface area contributed by atoms with E-state index in [1.807, 2.05) is 18.2 Å². The first kappa shape index (κ1) is 18.9. The standard InChI is InChI=1S/C17H21N3O4S/c1-10-14(18-15(21)11(2)25-12(3)17(23)24)16(22)20(19(10)4)13-8-6-5-7-9-13/h5-9,11-12H,1-4H3,(H,18,21)(H,23,24)/p-1/t11-,12?/m0/s1. The van der Waals surface area contributed by atoms with Gasteiger partial charge in [-0.05, 0) is 32.9 Å². The number of aliphatic carboxylic acids is 1. The maximum Gasteiger partial charge on any atom is 0.295 e. The fraction of sp³-hybridized carbons (Fsp3) is 0.353. The third kappa shape index (κ3) is 3.96. The van der Waals surface area contributed by atoms with Crippen LogP contribution in [0.2, 0.25) is 0 Å². The largest absolute Gasteiger partial charge is 0.549 e. The third-order valence-electron chi connectivity index (χ3n) is 3.91. The molecule has 1 amide bonds. The number of anilines is 1. The van der Waals surface area contributed by atoms with Gasteiger partial charge in [-0.15, -0.1) is 11.8 Å². The van der Waals surface area contributed by atoms with Gasteiger partial charge in [0.2, 0.25) is 5.91 Å². The van der Waals surface area contributed by atoms with Crippen LogP contribution in [0.25, 0.3) is 5.69 Å². The Morgan fingerprint density at radius 1 is 1.16 bits per heavy atom. The third-order valence-corrected chi connectivity index (χ3v) is 5.13. The monoisotopic (exact) mass is 362 g/mol. The molecule has 1 unspecified atom stereocenters. The topological polar surface area (TPSA) is 96.2 Å². The number of rotatable bonds is 6. The number of hydrogen-bond donors (Lipinski definition) is 1. The highest BCUT2D eigenvalue weighted by atomic mass is 32.2. The lowest BCUT2D eigenvalue weighted by Gasteiger charge is -2.17. The molecule has 0 aliphatic rings. The SMILES string of the molecule is Cc1c(NC(=O)[C@H](C)SC(C)C(=O)[O-])c(=O)n(-c2ccccc2)n1C. The van der Waals surface area contributed by atoms with Crippen LogP contribution in [0.5, 0.6) is 0 Å². The molecule has 2 atom stereocenters. The molecule has 1 aromatic carbocycles. The molecule has 0 radical (unpaired) electrons. The van der Waals surface area contributed by atoms with Crippen molar-refractivity contribution in [3.8, 4) is 5.69 Å². The van der Waals surface area contributed by atoms with E-state index in [1.165, 1.54) is 11.6 Å². The van der Waals surface area contributed by atoms with Crippen LogP contribution in [-0.2, 0) is 16.6 Å². The van der Waals surface area contributed by atoms with E-state index in [2.05, 4.69) is 5.32 Å². The molecule has 7 nitrogen and oxygen atoms in total. The van der Waals surface area contributed by atoms with Crippen LogP contribution in [0.3, 0.4) is 0 Å². The molecule has 0 saturated carbocycles. The Hall–Kier alpha value is -2.48. The number of thioether (sulfide) groups is 1. The van der Waals surface area contributed by atoms with E-state index >= 15 is 0 Å². The van der Waals surface area contributed by atoms with Crippen molar-refractivity contribution >= 4 is 29.3 Å². The van der Waals surface area contributed by atoms with E-state index in [1.54, 1.807) is 37.7 Å². The van der Waals surface area contributed by atoms with Crippen molar-refractivity contribution in [2.24, 2.45) is 7.05 Å². The number of nitrogens with one attached hydrogen (secondary N) is 1. The Balaban J connectivity index is 2.28. The molecule has 2 aromatic rings. The Morgan fingerprint density at radius 3 is 2.32 bits per heavy atom. The van der Waals surface area contributed by atoms with Crippen LogP contribution in [0.15, 0.2) is 35.1 Å². The minimum atomic E-state index is -1.23. The molecule has 0 saturated heterocycles. The minimum absolute atomic E-state index is 0.185. The molecule has 1 heterocycles. The predicted octanol–water partition coefficient (Wildman–Crippen LogP) is 0.683. The zero-order chi connectivity index (χ0) is 18.7. The van der Waals surface area contributed by atoms with E-state index in [0.717, 1.165) is 11.8 Å².